The number of nitrogens with one attached hydrogen (secondary N) is 1. The molecule has 1 N–H and O–H groups in total. The van der Waals surface area contributed by atoms with Gasteiger partial charge in [0.15, 0.2) is 0 Å². The number of hydrogen-bond acceptors (Lipinski definition) is 4. The number of aryl methyl sites for hydroxylation is 2. The SMILES string of the molecule is Cn1c(=O)n(C)c2cc(C=C3C(=O)NC(=O)N(C4CCCCC4)C3=O)ccc21. The molecule has 8 heteroatoms. The summed E-state index contributed by atoms with van der Waals surface area (Å²) in [6.07, 6.45) is 6.03. The maximum atomic E-state index is 13.0. The van der Waals surface area contributed by atoms with E-state index in [4.69, 9.17) is 0 Å². The quantitative estimate of drug-likeness (QED) is 0.632. The molecule has 0 bridgehead atoms. The second kappa shape index (κ2) is 6.78. The molecule has 4 amide bonds. The van der Waals surface area contributed by atoms with E-state index in [9.17, 15) is 19.2 Å². The van der Waals surface area contributed by atoms with Crippen LogP contribution in [0.1, 0.15) is 37.7 Å². The normalized spacial score (nSPS) is 20.3. The van der Waals surface area contributed by atoms with Gasteiger partial charge in [-0.15, -0.1) is 0 Å². The van der Waals surface area contributed by atoms with Crippen LogP contribution in [0, 0.1) is 0 Å². The molecule has 1 aromatic heterocycles. The zero-order valence-corrected chi connectivity index (χ0v) is 15.9. The molecule has 0 radical (unpaired) electrons. The molecule has 4 rings (SSSR count). The van der Waals surface area contributed by atoms with E-state index in [1.54, 1.807) is 32.3 Å². The summed E-state index contributed by atoms with van der Waals surface area (Å²) in [5.41, 5.74) is 1.86. The zero-order chi connectivity index (χ0) is 20.0. The van der Waals surface area contributed by atoms with Gasteiger partial charge in [-0.1, -0.05) is 25.3 Å². The van der Waals surface area contributed by atoms with Gasteiger partial charge in [0.25, 0.3) is 11.8 Å². The number of hydrogen-bond donors (Lipinski definition) is 1. The third kappa shape index (κ3) is 2.85. The van der Waals surface area contributed by atoms with Crippen molar-refractivity contribution in [1.29, 1.82) is 0 Å². The Bertz CT molecular complexity index is 1090. The van der Waals surface area contributed by atoms with Crippen LogP contribution < -0.4 is 11.0 Å². The summed E-state index contributed by atoms with van der Waals surface area (Å²) in [6.45, 7) is 0. The van der Waals surface area contributed by atoms with Gasteiger partial charge in [-0.25, -0.2) is 9.59 Å². The van der Waals surface area contributed by atoms with Crippen LogP contribution in [0.3, 0.4) is 0 Å². The van der Waals surface area contributed by atoms with E-state index >= 15 is 0 Å². The average Bonchev–Trinajstić information content (AvgIpc) is 2.90. The number of benzene rings is 1. The maximum absolute atomic E-state index is 13.0. The number of urea groups is 1. The van der Waals surface area contributed by atoms with Crippen LogP contribution >= 0.6 is 0 Å². The van der Waals surface area contributed by atoms with Gasteiger partial charge in [-0.2, -0.15) is 0 Å². The van der Waals surface area contributed by atoms with Crippen molar-refractivity contribution in [2.75, 3.05) is 0 Å². The highest BCUT2D eigenvalue weighted by Gasteiger charge is 2.40. The monoisotopic (exact) mass is 382 g/mol. The fourth-order valence-electron chi connectivity index (χ4n) is 4.12. The number of fused-ring (bicyclic) bond motifs is 1. The van der Waals surface area contributed by atoms with Gasteiger partial charge >= 0.3 is 11.7 Å². The van der Waals surface area contributed by atoms with Crippen LogP contribution in [-0.4, -0.2) is 37.9 Å². The number of imide groups is 2. The predicted octanol–water partition coefficient (Wildman–Crippen LogP) is 1.67. The molecular formula is C20H22N4O4. The number of rotatable bonds is 2. The van der Waals surface area contributed by atoms with E-state index in [1.807, 2.05) is 0 Å². The maximum Gasteiger partial charge on any atom is 0.331 e. The Balaban J connectivity index is 1.73. The number of barbiturate groups is 1. The van der Waals surface area contributed by atoms with E-state index in [1.165, 1.54) is 20.1 Å². The van der Waals surface area contributed by atoms with Crippen LogP contribution in [0.5, 0.6) is 0 Å². The minimum absolute atomic E-state index is 0.0644. The molecule has 2 aliphatic rings. The molecular weight excluding hydrogens is 360 g/mol. The van der Waals surface area contributed by atoms with Crippen molar-refractivity contribution in [1.82, 2.24) is 19.4 Å². The highest BCUT2D eigenvalue weighted by Crippen LogP contribution is 2.26. The van der Waals surface area contributed by atoms with Crippen molar-refractivity contribution in [3.05, 3.63) is 39.8 Å². The number of imidazole rings is 1. The van der Waals surface area contributed by atoms with Crippen molar-refractivity contribution < 1.29 is 14.4 Å². The molecule has 0 spiro atoms. The molecule has 0 atom stereocenters. The molecule has 1 saturated carbocycles. The Labute approximate surface area is 161 Å². The second-order valence-electron chi connectivity index (χ2n) is 7.43. The summed E-state index contributed by atoms with van der Waals surface area (Å²) in [5.74, 6) is -1.24. The van der Waals surface area contributed by atoms with Gasteiger partial charge in [0, 0.05) is 20.1 Å². The van der Waals surface area contributed by atoms with E-state index in [0.29, 0.717) is 11.1 Å². The Kier molecular flexibility index (Phi) is 4.41. The molecule has 28 heavy (non-hydrogen) atoms. The van der Waals surface area contributed by atoms with Gasteiger partial charge < -0.3 is 0 Å². The van der Waals surface area contributed by atoms with Crippen molar-refractivity contribution in [3.8, 4) is 0 Å². The third-order valence-corrected chi connectivity index (χ3v) is 5.68. The summed E-state index contributed by atoms with van der Waals surface area (Å²) in [5, 5.41) is 2.29. The van der Waals surface area contributed by atoms with Crippen LogP contribution in [-0.2, 0) is 23.7 Å². The van der Waals surface area contributed by atoms with E-state index in [0.717, 1.165) is 37.6 Å². The first-order chi connectivity index (χ1) is 13.4. The minimum Gasteiger partial charge on any atom is -0.295 e. The summed E-state index contributed by atoms with van der Waals surface area (Å²) >= 11 is 0. The molecule has 2 heterocycles. The molecule has 2 aromatic rings. The molecule has 1 aliphatic carbocycles. The molecule has 146 valence electrons. The number of carbonyl (C=O) groups excluding carboxylic acids is 3. The lowest BCUT2D eigenvalue weighted by atomic mass is 9.93. The standard InChI is InChI=1S/C20H22N4O4/c1-22-15-9-8-12(11-16(15)23(2)20(22)28)10-14-17(25)21-19(27)24(18(14)26)13-6-4-3-5-7-13/h8-11,13H,3-7H2,1-2H3,(H,21,25,27). The summed E-state index contributed by atoms with van der Waals surface area (Å²) < 4.78 is 3.05. The van der Waals surface area contributed by atoms with Gasteiger partial charge in [-0.3, -0.25) is 28.9 Å². The first-order valence-corrected chi connectivity index (χ1v) is 9.44. The highest BCUT2D eigenvalue weighted by atomic mass is 16.2. The van der Waals surface area contributed by atoms with Gasteiger partial charge in [0.2, 0.25) is 0 Å². The topological polar surface area (TPSA) is 93.4 Å². The van der Waals surface area contributed by atoms with Gasteiger partial charge in [0.05, 0.1) is 11.0 Å². The van der Waals surface area contributed by atoms with Gasteiger partial charge in [-0.05, 0) is 36.6 Å². The largest absolute Gasteiger partial charge is 0.331 e. The summed E-state index contributed by atoms with van der Waals surface area (Å²) in [6, 6.07) is 4.47. The van der Waals surface area contributed by atoms with Crippen molar-refractivity contribution >= 4 is 35.0 Å². The smallest absolute Gasteiger partial charge is 0.295 e. The molecule has 1 saturated heterocycles. The number of nitrogens with zero attached hydrogens (tertiary/aromatic N) is 3. The van der Waals surface area contributed by atoms with E-state index in [2.05, 4.69) is 5.32 Å². The molecule has 2 fully saturated rings. The third-order valence-electron chi connectivity index (χ3n) is 5.68. The minimum atomic E-state index is -0.691. The van der Waals surface area contributed by atoms with Crippen LogP contribution in [0.2, 0.25) is 0 Å². The highest BCUT2D eigenvalue weighted by molar-refractivity contribution is 6.31. The van der Waals surface area contributed by atoms with Crippen molar-refractivity contribution in [2.45, 2.75) is 38.1 Å². The average molecular weight is 382 g/mol. The van der Waals surface area contributed by atoms with Crippen molar-refractivity contribution in [3.63, 3.8) is 0 Å². The zero-order valence-electron chi connectivity index (χ0n) is 15.9. The Hall–Kier alpha value is -3.16. The Morgan fingerprint density at radius 2 is 1.64 bits per heavy atom. The molecule has 8 nitrogen and oxygen atoms in total. The first-order valence-electron chi connectivity index (χ1n) is 9.44. The van der Waals surface area contributed by atoms with E-state index in [-0.39, 0.29) is 17.3 Å². The predicted molar refractivity (Wildman–Crippen MR) is 103 cm³/mol. The van der Waals surface area contributed by atoms with Crippen molar-refractivity contribution in [2.24, 2.45) is 14.1 Å². The van der Waals surface area contributed by atoms with E-state index < -0.39 is 17.8 Å². The molecule has 1 aliphatic heterocycles. The first kappa shape index (κ1) is 18.2. The number of aromatic nitrogens is 2. The van der Waals surface area contributed by atoms with Crippen LogP contribution in [0.4, 0.5) is 4.79 Å². The number of amides is 4. The summed E-state index contributed by atoms with van der Waals surface area (Å²) in [4.78, 5) is 50.9. The second-order valence-corrected chi connectivity index (χ2v) is 7.43. The summed E-state index contributed by atoms with van der Waals surface area (Å²) in [7, 11) is 3.36. The Morgan fingerprint density at radius 1 is 0.964 bits per heavy atom. The fourth-order valence-corrected chi connectivity index (χ4v) is 4.12. The Morgan fingerprint density at radius 3 is 2.36 bits per heavy atom. The molecule has 0 unspecified atom stereocenters. The lowest BCUT2D eigenvalue weighted by Gasteiger charge is -2.35. The van der Waals surface area contributed by atoms with Crippen LogP contribution in [0.25, 0.3) is 17.1 Å². The lowest BCUT2D eigenvalue weighted by Crippen LogP contribution is -2.58. The van der Waals surface area contributed by atoms with Crippen LogP contribution in [0.15, 0.2) is 28.6 Å². The lowest BCUT2D eigenvalue weighted by molar-refractivity contribution is -0.132. The van der Waals surface area contributed by atoms with Gasteiger partial charge in [0.1, 0.15) is 5.57 Å². The fraction of sp³-hybridized carbons (Fsp3) is 0.400. The number of carbonyl (C=O) groups is 3. The molecule has 1 aromatic carbocycles.